The SMILES string of the molecule is CC[C@H](C)NC(=O)[C@@H](Cc1ccccc1)N(Cc1ccccc1Cl)C(=O)CN1C(=O)c2cccc3cccc1c23. The Bertz CT molecular complexity index is 1550. The van der Waals surface area contributed by atoms with Crippen LogP contribution in [0.4, 0.5) is 5.69 Å². The summed E-state index contributed by atoms with van der Waals surface area (Å²) in [6.07, 6.45) is 1.08. The molecule has 6 nitrogen and oxygen atoms in total. The van der Waals surface area contributed by atoms with Gasteiger partial charge in [-0.1, -0.05) is 91.3 Å². The van der Waals surface area contributed by atoms with Crippen molar-refractivity contribution in [1.82, 2.24) is 10.2 Å². The van der Waals surface area contributed by atoms with Crippen molar-refractivity contribution in [3.8, 4) is 0 Å². The molecular weight excluding hydrogens is 522 g/mol. The van der Waals surface area contributed by atoms with Crippen molar-refractivity contribution in [2.75, 3.05) is 11.4 Å². The van der Waals surface area contributed by atoms with E-state index in [1.54, 1.807) is 17.0 Å². The molecule has 0 unspecified atom stereocenters. The molecule has 3 amide bonds. The maximum Gasteiger partial charge on any atom is 0.259 e. The van der Waals surface area contributed by atoms with E-state index in [0.29, 0.717) is 22.7 Å². The molecule has 40 heavy (non-hydrogen) atoms. The third-order valence-electron chi connectivity index (χ3n) is 7.51. The van der Waals surface area contributed by atoms with E-state index < -0.39 is 6.04 Å². The quantitative estimate of drug-likeness (QED) is 0.261. The number of carbonyl (C=O) groups is 3. The van der Waals surface area contributed by atoms with Crippen LogP contribution in [0, 0.1) is 0 Å². The third-order valence-corrected chi connectivity index (χ3v) is 7.88. The second-order valence-electron chi connectivity index (χ2n) is 10.2. The predicted molar refractivity (Wildman–Crippen MR) is 159 cm³/mol. The first kappa shape index (κ1) is 27.4. The first-order valence-electron chi connectivity index (χ1n) is 13.6. The maximum absolute atomic E-state index is 14.2. The summed E-state index contributed by atoms with van der Waals surface area (Å²) in [6, 6.07) is 27.4. The topological polar surface area (TPSA) is 69.7 Å². The zero-order chi connectivity index (χ0) is 28.2. The average molecular weight is 554 g/mol. The van der Waals surface area contributed by atoms with Crippen molar-refractivity contribution in [3.63, 3.8) is 0 Å². The maximum atomic E-state index is 14.2. The average Bonchev–Trinajstić information content (AvgIpc) is 3.24. The number of halogens is 1. The van der Waals surface area contributed by atoms with Gasteiger partial charge in [-0.3, -0.25) is 19.3 Å². The van der Waals surface area contributed by atoms with E-state index in [-0.39, 0.29) is 36.9 Å². The van der Waals surface area contributed by atoms with Gasteiger partial charge >= 0.3 is 0 Å². The Kier molecular flexibility index (Phi) is 8.17. The van der Waals surface area contributed by atoms with Crippen molar-refractivity contribution in [1.29, 1.82) is 0 Å². The van der Waals surface area contributed by atoms with Crippen LogP contribution >= 0.6 is 11.6 Å². The Hall–Kier alpha value is -4.16. The zero-order valence-corrected chi connectivity index (χ0v) is 23.4. The number of carbonyl (C=O) groups excluding carboxylic acids is 3. The fourth-order valence-corrected chi connectivity index (χ4v) is 5.36. The van der Waals surface area contributed by atoms with Crippen LogP contribution in [-0.2, 0) is 22.6 Å². The van der Waals surface area contributed by atoms with Gasteiger partial charge in [-0.15, -0.1) is 0 Å². The summed E-state index contributed by atoms with van der Waals surface area (Å²) < 4.78 is 0. The largest absolute Gasteiger partial charge is 0.352 e. The molecule has 204 valence electrons. The van der Waals surface area contributed by atoms with E-state index in [1.807, 2.05) is 92.7 Å². The molecule has 0 saturated carbocycles. The number of nitrogens with zero attached hydrogens (tertiary/aromatic N) is 2. The molecule has 1 N–H and O–H groups in total. The van der Waals surface area contributed by atoms with E-state index in [1.165, 1.54) is 4.90 Å². The highest BCUT2D eigenvalue weighted by atomic mass is 35.5. The molecule has 7 heteroatoms. The van der Waals surface area contributed by atoms with Crippen LogP contribution < -0.4 is 10.2 Å². The van der Waals surface area contributed by atoms with Crippen LogP contribution in [0.5, 0.6) is 0 Å². The molecule has 0 bridgehead atoms. The van der Waals surface area contributed by atoms with Crippen LogP contribution in [-0.4, -0.2) is 41.2 Å². The van der Waals surface area contributed by atoms with Gasteiger partial charge in [0.1, 0.15) is 12.6 Å². The lowest BCUT2D eigenvalue weighted by atomic mass is 10.0. The van der Waals surface area contributed by atoms with E-state index >= 15 is 0 Å². The molecule has 0 radical (unpaired) electrons. The molecular formula is C33H32ClN3O3. The predicted octanol–water partition coefficient (Wildman–Crippen LogP) is 6.01. The summed E-state index contributed by atoms with van der Waals surface area (Å²) in [5.74, 6) is -0.795. The molecule has 0 fully saturated rings. The Morgan fingerprint density at radius 3 is 2.35 bits per heavy atom. The fraction of sp³-hybridized carbons (Fsp3) is 0.242. The summed E-state index contributed by atoms with van der Waals surface area (Å²) in [7, 11) is 0. The summed E-state index contributed by atoms with van der Waals surface area (Å²) in [4.78, 5) is 44.6. The zero-order valence-electron chi connectivity index (χ0n) is 22.6. The second-order valence-corrected chi connectivity index (χ2v) is 10.6. The van der Waals surface area contributed by atoms with Crippen LogP contribution in [0.2, 0.25) is 5.02 Å². The number of benzene rings is 4. The van der Waals surface area contributed by atoms with Crippen molar-refractivity contribution >= 4 is 45.8 Å². The Morgan fingerprint density at radius 2 is 1.62 bits per heavy atom. The van der Waals surface area contributed by atoms with Gasteiger partial charge in [0.05, 0.1) is 5.69 Å². The van der Waals surface area contributed by atoms with Gasteiger partial charge in [0.2, 0.25) is 11.8 Å². The van der Waals surface area contributed by atoms with E-state index in [0.717, 1.165) is 28.3 Å². The van der Waals surface area contributed by atoms with Crippen molar-refractivity contribution in [2.24, 2.45) is 0 Å². The van der Waals surface area contributed by atoms with Crippen LogP contribution in [0.15, 0.2) is 91.0 Å². The summed E-state index contributed by atoms with van der Waals surface area (Å²) >= 11 is 6.53. The van der Waals surface area contributed by atoms with Gasteiger partial charge in [-0.05, 0) is 48.1 Å². The Balaban J connectivity index is 1.52. The monoisotopic (exact) mass is 553 g/mol. The van der Waals surface area contributed by atoms with Gasteiger partial charge in [0.25, 0.3) is 5.91 Å². The molecule has 1 aliphatic heterocycles. The fourth-order valence-electron chi connectivity index (χ4n) is 5.17. The van der Waals surface area contributed by atoms with Crippen molar-refractivity contribution < 1.29 is 14.4 Å². The number of hydrogen-bond donors (Lipinski definition) is 1. The molecule has 1 heterocycles. The van der Waals surface area contributed by atoms with Crippen molar-refractivity contribution in [2.45, 2.75) is 45.3 Å². The lowest BCUT2D eigenvalue weighted by molar-refractivity contribution is -0.140. The number of rotatable bonds is 10. The molecule has 0 saturated heterocycles. The van der Waals surface area contributed by atoms with E-state index in [4.69, 9.17) is 11.6 Å². The first-order valence-corrected chi connectivity index (χ1v) is 14.0. The highest BCUT2D eigenvalue weighted by Crippen LogP contribution is 2.37. The van der Waals surface area contributed by atoms with Gasteiger partial charge in [0, 0.05) is 35.0 Å². The lowest BCUT2D eigenvalue weighted by Crippen LogP contribution is -2.54. The minimum atomic E-state index is -0.809. The summed E-state index contributed by atoms with van der Waals surface area (Å²) in [6.45, 7) is 3.88. The second kappa shape index (κ2) is 11.9. The number of nitrogens with one attached hydrogen (secondary N) is 1. The minimum absolute atomic E-state index is 0.0599. The van der Waals surface area contributed by atoms with Crippen LogP contribution in [0.25, 0.3) is 10.8 Å². The number of amides is 3. The molecule has 4 aromatic carbocycles. The van der Waals surface area contributed by atoms with Gasteiger partial charge in [0.15, 0.2) is 0 Å². The molecule has 5 rings (SSSR count). The molecule has 1 aliphatic rings. The number of anilines is 1. The van der Waals surface area contributed by atoms with Crippen LogP contribution in [0.1, 0.15) is 41.8 Å². The minimum Gasteiger partial charge on any atom is -0.352 e. The van der Waals surface area contributed by atoms with Gasteiger partial charge in [-0.2, -0.15) is 0 Å². The van der Waals surface area contributed by atoms with E-state index in [2.05, 4.69) is 5.32 Å². The van der Waals surface area contributed by atoms with E-state index in [9.17, 15) is 14.4 Å². The highest BCUT2D eigenvalue weighted by Gasteiger charge is 2.36. The molecule has 0 spiro atoms. The van der Waals surface area contributed by atoms with Crippen molar-refractivity contribution in [3.05, 3.63) is 113 Å². The highest BCUT2D eigenvalue weighted by molar-refractivity contribution is 6.31. The Morgan fingerprint density at radius 1 is 0.925 bits per heavy atom. The number of hydrogen-bond acceptors (Lipinski definition) is 3. The van der Waals surface area contributed by atoms with Crippen LogP contribution in [0.3, 0.4) is 0 Å². The lowest BCUT2D eigenvalue weighted by Gasteiger charge is -2.33. The standard InChI is InChI=1S/C33H32ClN3O3/c1-3-22(2)35-32(39)29(19-23-11-5-4-6-12-23)36(20-25-13-7-8-17-27(25)34)30(38)21-37-28-18-10-15-24-14-9-16-26(31(24)28)33(37)40/h4-18,22,29H,3,19-21H2,1-2H3,(H,35,39)/t22-,29+/m0/s1. The molecule has 4 aromatic rings. The molecule has 0 aromatic heterocycles. The summed E-state index contributed by atoms with van der Waals surface area (Å²) in [5, 5.41) is 5.37. The molecule has 0 aliphatic carbocycles. The first-order chi connectivity index (χ1) is 19.4. The van der Waals surface area contributed by atoms with Gasteiger partial charge < -0.3 is 10.2 Å². The third kappa shape index (κ3) is 5.58. The summed E-state index contributed by atoms with van der Waals surface area (Å²) in [5.41, 5.74) is 2.94. The normalized spacial score (nSPS) is 13.8. The van der Waals surface area contributed by atoms with Gasteiger partial charge in [-0.25, -0.2) is 0 Å². The Labute approximate surface area is 239 Å². The smallest absolute Gasteiger partial charge is 0.259 e. The molecule has 2 atom stereocenters.